The molecule has 0 saturated carbocycles. The first-order valence-corrected chi connectivity index (χ1v) is 7.63. The molecule has 16 heavy (non-hydrogen) atoms. The fraction of sp³-hybridized carbons (Fsp3) is 1.00. The second-order valence-corrected chi connectivity index (χ2v) is 5.96. The van der Waals surface area contributed by atoms with E-state index in [0.29, 0.717) is 13.0 Å². The van der Waals surface area contributed by atoms with E-state index in [0.717, 1.165) is 26.1 Å². The third kappa shape index (κ3) is 5.79. The van der Waals surface area contributed by atoms with Crippen LogP contribution in [0.1, 0.15) is 32.6 Å². The molecule has 0 atom stereocenters. The van der Waals surface area contributed by atoms with Crippen LogP contribution in [0.5, 0.6) is 0 Å². The van der Waals surface area contributed by atoms with E-state index in [1.807, 2.05) is 6.92 Å². The van der Waals surface area contributed by atoms with Gasteiger partial charge in [-0.1, -0.05) is 18.2 Å². The van der Waals surface area contributed by atoms with Crippen LogP contribution in [0.4, 0.5) is 0 Å². The Morgan fingerprint density at radius 3 is 2.62 bits per heavy atom. The van der Waals surface area contributed by atoms with Gasteiger partial charge in [-0.05, 0) is 32.4 Å². The SMILES string of the molecule is CCCCS(=O)(=O)NOCCN1CCCC1. The standard InChI is InChI=1S/C10H22N2O3S/c1-2-3-10-16(13,14)11-15-9-8-12-6-4-5-7-12/h11H,2-10H2,1H3. The van der Waals surface area contributed by atoms with Gasteiger partial charge in [-0.15, -0.1) is 0 Å². The summed E-state index contributed by atoms with van der Waals surface area (Å²) in [4.78, 5) is 9.42. The molecule has 0 aromatic rings. The minimum absolute atomic E-state index is 0.146. The van der Waals surface area contributed by atoms with E-state index < -0.39 is 10.0 Å². The lowest BCUT2D eigenvalue weighted by atomic mass is 10.4. The second-order valence-electron chi connectivity index (χ2n) is 4.15. The quantitative estimate of drug-likeness (QED) is 0.510. The predicted octanol–water partition coefficient (Wildman–Crippen LogP) is 0.733. The van der Waals surface area contributed by atoms with E-state index in [2.05, 4.69) is 9.79 Å². The van der Waals surface area contributed by atoms with Gasteiger partial charge in [0.1, 0.15) is 0 Å². The molecule has 0 aromatic carbocycles. The Morgan fingerprint density at radius 1 is 1.31 bits per heavy atom. The van der Waals surface area contributed by atoms with Crippen molar-refractivity contribution in [3.63, 3.8) is 0 Å². The number of nitrogens with one attached hydrogen (secondary N) is 1. The Labute approximate surface area is 98.2 Å². The third-order valence-corrected chi connectivity index (χ3v) is 3.86. The zero-order valence-corrected chi connectivity index (χ0v) is 10.8. The fourth-order valence-corrected chi connectivity index (χ4v) is 2.70. The predicted molar refractivity (Wildman–Crippen MR) is 63.5 cm³/mol. The highest BCUT2D eigenvalue weighted by Crippen LogP contribution is 2.05. The van der Waals surface area contributed by atoms with Gasteiger partial charge in [-0.2, -0.15) is 0 Å². The average molecular weight is 250 g/mol. The molecule has 1 aliphatic heterocycles. The maximum atomic E-state index is 11.3. The first kappa shape index (κ1) is 13.9. The molecule has 1 N–H and O–H groups in total. The maximum Gasteiger partial charge on any atom is 0.233 e. The lowest BCUT2D eigenvalue weighted by molar-refractivity contribution is 0.0756. The van der Waals surface area contributed by atoms with Gasteiger partial charge in [0, 0.05) is 6.54 Å². The molecule has 0 radical (unpaired) electrons. The van der Waals surface area contributed by atoms with E-state index in [-0.39, 0.29) is 5.75 Å². The van der Waals surface area contributed by atoms with Crippen molar-refractivity contribution in [1.82, 2.24) is 9.79 Å². The highest BCUT2D eigenvalue weighted by Gasteiger charge is 2.12. The minimum Gasteiger partial charge on any atom is -0.301 e. The zero-order valence-electron chi connectivity index (χ0n) is 9.94. The number of hydrogen-bond donors (Lipinski definition) is 1. The smallest absolute Gasteiger partial charge is 0.233 e. The van der Waals surface area contributed by atoms with Crippen LogP contribution in [-0.4, -0.2) is 45.3 Å². The van der Waals surface area contributed by atoms with Gasteiger partial charge in [0.25, 0.3) is 0 Å². The zero-order chi connectivity index (χ0) is 11.9. The van der Waals surface area contributed by atoms with Crippen molar-refractivity contribution in [2.24, 2.45) is 0 Å². The average Bonchev–Trinajstić information content (AvgIpc) is 2.75. The summed E-state index contributed by atoms with van der Waals surface area (Å²) in [5.41, 5.74) is 0. The van der Waals surface area contributed by atoms with E-state index in [9.17, 15) is 8.42 Å². The molecule has 1 heterocycles. The first-order valence-electron chi connectivity index (χ1n) is 5.97. The summed E-state index contributed by atoms with van der Waals surface area (Å²) in [5, 5.41) is 0. The molecule has 0 bridgehead atoms. The lowest BCUT2D eigenvalue weighted by Gasteiger charge is -2.14. The minimum atomic E-state index is -3.23. The molecule has 1 rings (SSSR count). The summed E-state index contributed by atoms with van der Waals surface area (Å²) in [6.45, 7) is 5.39. The summed E-state index contributed by atoms with van der Waals surface area (Å²) in [6, 6.07) is 0. The topological polar surface area (TPSA) is 58.6 Å². The Balaban J connectivity index is 2.05. The number of nitrogens with zero attached hydrogens (tertiary/aromatic N) is 1. The van der Waals surface area contributed by atoms with Gasteiger partial charge in [0.05, 0.1) is 12.4 Å². The number of likely N-dealkylation sites (tertiary alicyclic amines) is 1. The van der Waals surface area contributed by atoms with Crippen LogP contribution < -0.4 is 4.89 Å². The van der Waals surface area contributed by atoms with E-state index in [1.54, 1.807) is 0 Å². The van der Waals surface area contributed by atoms with Gasteiger partial charge in [-0.25, -0.2) is 8.42 Å². The summed E-state index contributed by atoms with van der Waals surface area (Å²) in [6.07, 6.45) is 4.02. The van der Waals surface area contributed by atoms with Crippen molar-refractivity contribution in [2.45, 2.75) is 32.6 Å². The molecule has 1 aliphatic rings. The molecule has 0 aromatic heterocycles. The van der Waals surface area contributed by atoms with Crippen LogP contribution in [0.3, 0.4) is 0 Å². The van der Waals surface area contributed by atoms with E-state index in [4.69, 9.17) is 4.84 Å². The first-order chi connectivity index (χ1) is 7.64. The summed E-state index contributed by atoms with van der Waals surface area (Å²) in [7, 11) is -3.23. The molecule has 1 fully saturated rings. The van der Waals surface area contributed by atoms with Crippen LogP contribution in [0.25, 0.3) is 0 Å². The molecule has 96 valence electrons. The molecule has 0 spiro atoms. The van der Waals surface area contributed by atoms with Crippen LogP contribution >= 0.6 is 0 Å². The van der Waals surface area contributed by atoms with Gasteiger partial charge < -0.3 is 4.90 Å². The van der Waals surface area contributed by atoms with Crippen LogP contribution in [0.2, 0.25) is 0 Å². The normalized spacial score (nSPS) is 18.1. The molecule has 6 heteroatoms. The van der Waals surface area contributed by atoms with Crippen molar-refractivity contribution in [2.75, 3.05) is 32.0 Å². The Kier molecular flexibility index (Phi) is 6.26. The molecule has 0 unspecified atom stereocenters. The number of sulfonamides is 1. The van der Waals surface area contributed by atoms with E-state index in [1.165, 1.54) is 12.8 Å². The van der Waals surface area contributed by atoms with Crippen molar-refractivity contribution < 1.29 is 13.3 Å². The molecule has 0 aliphatic carbocycles. The number of hydrogen-bond acceptors (Lipinski definition) is 4. The largest absolute Gasteiger partial charge is 0.301 e. The van der Waals surface area contributed by atoms with Crippen LogP contribution in [-0.2, 0) is 14.9 Å². The molecular weight excluding hydrogens is 228 g/mol. The van der Waals surface area contributed by atoms with Crippen molar-refractivity contribution in [3.8, 4) is 0 Å². The number of rotatable bonds is 8. The third-order valence-electron chi connectivity index (χ3n) is 2.66. The van der Waals surface area contributed by atoms with Crippen LogP contribution in [0, 0.1) is 0 Å². The van der Waals surface area contributed by atoms with Crippen LogP contribution in [0.15, 0.2) is 0 Å². The molecule has 1 saturated heterocycles. The maximum absolute atomic E-state index is 11.3. The van der Waals surface area contributed by atoms with E-state index >= 15 is 0 Å². The molecule has 5 nitrogen and oxygen atoms in total. The fourth-order valence-electron chi connectivity index (χ4n) is 1.69. The highest BCUT2D eigenvalue weighted by molar-refractivity contribution is 7.89. The monoisotopic (exact) mass is 250 g/mol. The van der Waals surface area contributed by atoms with Gasteiger partial charge in [-0.3, -0.25) is 4.84 Å². The molecule has 0 amide bonds. The Hall–Kier alpha value is -0.170. The number of unbranched alkanes of at least 4 members (excludes halogenated alkanes) is 1. The Bertz CT molecular complexity index is 274. The van der Waals surface area contributed by atoms with Gasteiger partial charge >= 0.3 is 0 Å². The summed E-state index contributed by atoms with van der Waals surface area (Å²) >= 11 is 0. The lowest BCUT2D eigenvalue weighted by Crippen LogP contribution is -2.31. The summed E-state index contributed by atoms with van der Waals surface area (Å²) < 4.78 is 22.7. The van der Waals surface area contributed by atoms with Crippen molar-refractivity contribution in [3.05, 3.63) is 0 Å². The van der Waals surface area contributed by atoms with Gasteiger partial charge in [0.2, 0.25) is 10.0 Å². The molecular formula is C10H22N2O3S. The van der Waals surface area contributed by atoms with Crippen molar-refractivity contribution >= 4 is 10.0 Å². The second kappa shape index (κ2) is 7.21. The summed E-state index contributed by atoms with van der Waals surface area (Å²) in [5.74, 6) is 0.146. The Morgan fingerprint density at radius 2 is 2.00 bits per heavy atom. The van der Waals surface area contributed by atoms with Crippen molar-refractivity contribution in [1.29, 1.82) is 0 Å². The van der Waals surface area contributed by atoms with Gasteiger partial charge in [0.15, 0.2) is 0 Å². The highest BCUT2D eigenvalue weighted by atomic mass is 32.2.